The summed E-state index contributed by atoms with van der Waals surface area (Å²) in [6.07, 6.45) is 2.33. The predicted molar refractivity (Wildman–Crippen MR) is 97.6 cm³/mol. The Morgan fingerprint density at radius 2 is 2.08 bits per heavy atom. The van der Waals surface area contributed by atoms with Crippen LogP contribution in [0.5, 0.6) is 0 Å². The van der Waals surface area contributed by atoms with Gasteiger partial charge in [0.2, 0.25) is 5.91 Å². The molecule has 1 atom stereocenters. The zero-order chi connectivity index (χ0) is 18.1. The number of nitrogens with zero attached hydrogens (tertiary/aromatic N) is 3. The largest absolute Gasteiger partial charge is 0.334 e. The molecule has 0 spiro atoms. The van der Waals surface area contributed by atoms with Gasteiger partial charge in [-0.1, -0.05) is 17.3 Å². The molecular weight excluding hydrogens is 353 g/mol. The van der Waals surface area contributed by atoms with Crippen molar-refractivity contribution in [3.8, 4) is 11.5 Å². The zero-order valence-corrected chi connectivity index (χ0v) is 14.9. The van der Waals surface area contributed by atoms with E-state index < -0.39 is 0 Å². The first kappa shape index (κ1) is 16.8. The van der Waals surface area contributed by atoms with E-state index in [1.54, 1.807) is 28.8 Å². The first-order chi connectivity index (χ1) is 12.6. The zero-order valence-electron chi connectivity index (χ0n) is 14.1. The van der Waals surface area contributed by atoms with Gasteiger partial charge in [-0.15, -0.1) is 11.8 Å². The standard InChI is InChI=1S/C19H16FN3O2S/c1-26-16-7-3-6-15(10-16)23-11-13(9-17(23)24)18-21-19(25-22-18)12-4-2-5-14(20)8-12/h2-8,10,13H,9,11H2,1H3. The van der Waals surface area contributed by atoms with Crippen LogP contribution in [0, 0.1) is 5.82 Å². The van der Waals surface area contributed by atoms with Crippen molar-refractivity contribution < 1.29 is 13.7 Å². The summed E-state index contributed by atoms with van der Waals surface area (Å²) in [5, 5.41) is 4.01. The van der Waals surface area contributed by atoms with Gasteiger partial charge in [-0.3, -0.25) is 4.79 Å². The number of hydrogen-bond donors (Lipinski definition) is 0. The van der Waals surface area contributed by atoms with Gasteiger partial charge in [0.25, 0.3) is 5.89 Å². The fraction of sp³-hybridized carbons (Fsp3) is 0.211. The SMILES string of the molecule is CSc1cccc(N2CC(c3noc(-c4cccc(F)c4)n3)CC2=O)c1. The van der Waals surface area contributed by atoms with Crippen molar-refractivity contribution in [2.24, 2.45) is 0 Å². The maximum atomic E-state index is 13.4. The van der Waals surface area contributed by atoms with Gasteiger partial charge in [-0.25, -0.2) is 4.39 Å². The van der Waals surface area contributed by atoms with Crippen molar-refractivity contribution in [1.82, 2.24) is 10.1 Å². The van der Waals surface area contributed by atoms with E-state index in [0.29, 0.717) is 24.4 Å². The summed E-state index contributed by atoms with van der Waals surface area (Å²) in [6.45, 7) is 0.499. The number of anilines is 1. The van der Waals surface area contributed by atoms with E-state index in [1.165, 1.54) is 12.1 Å². The Balaban J connectivity index is 1.56. The predicted octanol–water partition coefficient (Wildman–Crippen LogP) is 4.12. The lowest BCUT2D eigenvalue weighted by molar-refractivity contribution is -0.117. The van der Waals surface area contributed by atoms with Gasteiger partial charge in [0.15, 0.2) is 5.82 Å². The van der Waals surface area contributed by atoms with Gasteiger partial charge < -0.3 is 9.42 Å². The van der Waals surface area contributed by atoms with Crippen LogP contribution < -0.4 is 4.90 Å². The van der Waals surface area contributed by atoms with E-state index in [9.17, 15) is 9.18 Å². The van der Waals surface area contributed by atoms with Crippen LogP contribution in [0.25, 0.3) is 11.5 Å². The van der Waals surface area contributed by atoms with E-state index in [-0.39, 0.29) is 23.5 Å². The highest BCUT2D eigenvalue weighted by Crippen LogP contribution is 2.33. The molecule has 3 aromatic rings. The van der Waals surface area contributed by atoms with Gasteiger partial charge in [0.05, 0.1) is 0 Å². The lowest BCUT2D eigenvalue weighted by Gasteiger charge is -2.16. The van der Waals surface area contributed by atoms with Gasteiger partial charge >= 0.3 is 0 Å². The minimum absolute atomic E-state index is 0.0327. The second-order valence-electron chi connectivity index (χ2n) is 6.07. The highest BCUT2D eigenvalue weighted by atomic mass is 32.2. The van der Waals surface area contributed by atoms with Gasteiger partial charge in [-0.2, -0.15) is 4.98 Å². The van der Waals surface area contributed by atoms with E-state index >= 15 is 0 Å². The molecule has 26 heavy (non-hydrogen) atoms. The van der Waals surface area contributed by atoms with Crippen molar-refractivity contribution in [1.29, 1.82) is 0 Å². The summed E-state index contributed by atoms with van der Waals surface area (Å²) >= 11 is 1.63. The Labute approximate surface area is 154 Å². The monoisotopic (exact) mass is 369 g/mol. The average molecular weight is 369 g/mol. The summed E-state index contributed by atoms with van der Waals surface area (Å²) in [5.74, 6) is 0.255. The number of halogens is 1. The fourth-order valence-electron chi connectivity index (χ4n) is 3.05. The highest BCUT2D eigenvalue weighted by Gasteiger charge is 2.34. The second-order valence-corrected chi connectivity index (χ2v) is 6.95. The minimum atomic E-state index is -0.363. The van der Waals surface area contributed by atoms with Crippen molar-refractivity contribution >= 4 is 23.4 Å². The third kappa shape index (κ3) is 3.22. The van der Waals surface area contributed by atoms with Crippen LogP contribution in [-0.2, 0) is 4.79 Å². The van der Waals surface area contributed by atoms with Crippen LogP contribution in [0.2, 0.25) is 0 Å². The molecule has 0 radical (unpaired) electrons. The molecule has 0 aliphatic carbocycles. The topological polar surface area (TPSA) is 59.2 Å². The van der Waals surface area contributed by atoms with Crippen LogP contribution in [0.1, 0.15) is 18.2 Å². The maximum Gasteiger partial charge on any atom is 0.258 e. The van der Waals surface area contributed by atoms with Gasteiger partial charge in [-0.05, 0) is 42.7 Å². The summed E-state index contributed by atoms with van der Waals surface area (Å²) in [4.78, 5) is 19.7. The molecule has 2 aromatic carbocycles. The fourth-order valence-corrected chi connectivity index (χ4v) is 3.50. The van der Waals surface area contributed by atoms with Crippen LogP contribution >= 0.6 is 11.8 Å². The number of hydrogen-bond acceptors (Lipinski definition) is 5. The van der Waals surface area contributed by atoms with Crippen LogP contribution in [0.4, 0.5) is 10.1 Å². The smallest absolute Gasteiger partial charge is 0.258 e. The second kappa shape index (κ2) is 6.92. The molecule has 5 nitrogen and oxygen atoms in total. The number of carbonyl (C=O) groups is 1. The van der Waals surface area contributed by atoms with Crippen LogP contribution in [-0.4, -0.2) is 28.8 Å². The summed E-state index contributed by atoms with van der Waals surface area (Å²) < 4.78 is 18.6. The summed E-state index contributed by atoms with van der Waals surface area (Å²) in [5.41, 5.74) is 1.40. The first-order valence-corrected chi connectivity index (χ1v) is 9.40. The Morgan fingerprint density at radius 3 is 2.88 bits per heavy atom. The molecule has 1 saturated heterocycles. The van der Waals surface area contributed by atoms with E-state index in [4.69, 9.17) is 4.52 Å². The Bertz CT molecular complexity index is 959. The normalized spacial score (nSPS) is 17.1. The van der Waals surface area contributed by atoms with E-state index in [2.05, 4.69) is 10.1 Å². The maximum absolute atomic E-state index is 13.4. The molecule has 1 unspecified atom stereocenters. The summed E-state index contributed by atoms with van der Waals surface area (Å²) in [6, 6.07) is 13.9. The number of thioether (sulfide) groups is 1. The van der Waals surface area contributed by atoms with Crippen molar-refractivity contribution in [2.75, 3.05) is 17.7 Å². The van der Waals surface area contributed by atoms with Crippen molar-refractivity contribution in [3.05, 3.63) is 60.2 Å². The number of aromatic nitrogens is 2. The van der Waals surface area contributed by atoms with E-state index in [1.807, 2.05) is 30.5 Å². The van der Waals surface area contributed by atoms with Crippen molar-refractivity contribution in [3.63, 3.8) is 0 Å². The molecular formula is C19H16FN3O2S. The number of carbonyl (C=O) groups excluding carboxylic acids is 1. The molecule has 0 saturated carbocycles. The molecule has 1 aliphatic heterocycles. The third-order valence-corrected chi connectivity index (χ3v) is 5.09. The third-order valence-electron chi connectivity index (χ3n) is 4.37. The lowest BCUT2D eigenvalue weighted by atomic mass is 10.1. The molecule has 4 rings (SSSR count). The summed E-state index contributed by atoms with van der Waals surface area (Å²) in [7, 11) is 0. The molecule has 1 aromatic heterocycles. The minimum Gasteiger partial charge on any atom is -0.334 e. The lowest BCUT2D eigenvalue weighted by Crippen LogP contribution is -2.24. The molecule has 1 amide bonds. The first-order valence-electron chi connectivity index (χ1n) is 8.18. The van der Waals surface area contributed by atoms with Crippen LogP contribution in [0.3, 0.4) is 0 Å². The molecule has 0 bridgehead atoms. The Hall–Kier alpha value is -2.67. The quantitative estimate of drug-likeness (QED) is 0.648. The molecule has 7 heteroatoms. The molecule has 0 N–H and O–H groups in total. The Morgan fingerprint density at radius 1 is 1.23 bits per heavy atom. The number of benzene rings is 2. The molecule has 1 aliphatic rings. The Kier molecular flexibility index (Phi) is 4.46. The van der Waals surface area contributed by atoms with Gasteiger partial charge in [0, 0.05) is 35.0 Å². The van der Waals surface area contributed by atoms with Crippen molar-refractivity contribution in [2.45, 2.75) is 17.2 Å². The van der Waals surface area contributed by atoms with Crippen LogP contribution in [0.15, 0.2) is 57.9 Å². The molecule has 2 heterocycles. The van der Waals surface area contributed by atoms with Gasteiger partial charge in [0.1, 0.15) is 5.82 Å². The number of amides is 1. The number of rotatable bonds is 4. The average Bonchev–Trinajstić information content (AvgIpc) is 3.28. The molecule has 1 fully saturated rings. The molecule has 132 valence electrons. The van der Waals surface area contributed by atoms with E-state index in [0.717, 1.165) is 10.6 Å². The highest BCUT2D eigenvalue weighted by molar-refractivity contribution is 7.98.